The van der Waals surface area contributed by atoms with Gasteiger partial charge in [0.25, 0.3) is 0 Å². The molecule has 0 saturated heterocycles. The summed E-state index contributed by atoms with van der Waals surface area (Å²) in [4.78, 5) is 7.24. The predicted molar refractivity (Wildman–Crippen MR) is 57.6 cm³/mol. The van der Waals surface area contributed by atoms with E-state index < -0.39 is 5.82 Å². The molecular formula is C9H15FN4O2. The number of ether oxygens (including phenoxy) is 2. The molecule has 0 spiro atoms. The minimum atomic E-state index is -0.554. The lowest BCUT2D eigenvalue weighted by molar-refractivity contribution is 0.0365. The summed E-state index contributed by atoms with van der Waals surface area (Å²) in [6.07, 6.45) is 0.837. The summed E-state index contributed by atoms with van der Waals surface area (Å²) < 4.78 is 23.2. The number of nitrogen functional groups attached to an aromatic ring is 1. The van der Waals surface area contributed by atoms with Crippen molar-refractivity contribution in [1.82, 2.24) is 9.97 Å². The van der Waals surface area contributed by atoms with E-state index in [1.165, 1.54) is 0 Å². The minimum absolute atomic E-state index is 0.0182. The van der Waals surface area contributed by atoms with E-state index in [0.29, 0.717) is 13.2 Å². The highest BCUT2D eigenvalue weighted by molar-refractivity contribution is 5.39. The van der Waals surface area contributed by atoms with Gasteiger partial charge in [-0.3, -0.25) is 0 Å². The number of hydrogen-bond donors (Lipinski definition) is 2. The van der Waals surface area contributed by atoms with Crippen LogP contribution in [0.4, 0.5) is 16.2 Å². The maximum Gasteiger partial charge on any atom is 0.222 e. The number of halogens is 1. The van der Waals surface area contributed by atoms with E-state index in [1.807, 2.05) is 0 Å². The number of nitrogens with one attached hydrogen (secondary N) is 1. The molecule has 0 aliphatic carbocycles. The number of methoxy groups -OCH3 is 2. The highest BCUT2D eigenvalue weighted by Gasteiger charge is 2.10. The number of anilines is 2. The fraction of sp³-hybridized carbons (Fsp3) is 0.556. The molecule has 0 fully saturated rings. The second-order valence-corrected chi connectivity index (χ2v) is 3.12. The molecule has 1 atom stereocenters. The van der Waals surface area contributed by atoms with Crippen LogP contribution in [-0.2, 0) is 9.47 Å². The van der Waals surface area contributed by atoms with Crippen LogP contribution in [0.3, 0.4) is 0 Å². The van der Waals surface area contributed by atoms with E-state index in [1.54, 1.807) is 14.2 Å². The van der Waals surface area contributed by atoms with Crippen molar-refractivity contribution < 1.29 is 13.9 Å². The Balaban J connectivity index is 2.55. The molecule has 7 heteroatoms. The zero-order chi connectivity index (χ0) is 12.0. The van der Waals surface area contributed by atoms with Gasteiger partial charge >= 0.3 is 0 Å². The molecule has 1 unspecified atom stereocenters. The van der Waals surface area contributed by atoms with Gasteiger partial charge < -0.3 is 20.5 Å². The van der Waals surface area contributed by atoms with Crippen molar-refractivity contribution in [1.29, 1.82) is 0 Å². The van der Waals surface area contributed by atoms with Crippen molar-refractivity contribution in [2.45, 2.75) is 6.10 Å². The number of aromatic nitrogens is 2. The van der Waals surface area contributed by atoms with Gasteiger partial charge in [-0.2, -0.15) is 4.98 Å². The Morgan fingerprint density at radius 2 is 2.31 bits per heavy atom. The van der Waals surface area contributed by atoms with E-state index in [-0.39, 0.29) is 17.9 Å². The third kappa shape index (κ3) is 3.59. The van der Waals surface area contributed by atoms with Crippen molar-refractivity contribution in [3.63, 3.8) is 0 Å². The average Bonchev–Trinajstić information content (AvgIpc) is 2.28. The Bertz CT molecular complexity index is 337. The van der Waals surface area contributed by atoms with Crippen molar-refractivity contribution in [3.05, 3.63) is 12.0 Å². The summed E-state index contributed by atoms with van der Waals surface area (Å²) in [6, 6.07) is 0. The smallest absolute Gasteiger partial charge is 0.222 e. The molecule has 0 bridgehead atoms. The molecule has 1 aromatic rings. The van der Waals surface area contributed by atoms with Gasteiger partial charge in [-0.25, -0.2) is 9.37 Å². The monoisotopic (exact) mass is 230 g/mol. The summed E-state index contributed by atoms with van der Waals surface area (Å²) in [7, 11) is 3.12. The van der Waals surface area contributed by atoms with Gasteiger partial charge in [-0.15, -0.1) is 0 Å². The van der Waals surface area contributed by atoms with Gasteiger partial charge in [0.2, 0.25) is 5.95 Å². The zero-order valence-corrected chi connectivity index (χ0v) is 9.24. The lowest BCUT2D eigenvalue weighted by Gasteiger charge is -2.15. The molecule has 90 valence electrons. The van der Waals surface area contributed by atoms with Crippen molar-refractivity contribution in [2.75, 3.05) is 38.4 Å². The topological polar surface area (TPSA) is 82.3 Å². The van der Waals surface area contributed by atoms with Crippen molar-refractivity contribution in [2.24, 2.45) is 0 Å². The first-order valence-corrected chi connectivity index (χ1v) is 4.71. The van der Waals surface area contributed by atoms with Crippen LogP contribution in [-0.4, -0.2) is 43.4 Å². The zero-order valence-electron chi connectivity index (χ0n) is 9.24. The van der Waals surface area contributed by atoms with Crippen LogP contribution in [0.2, 0.25) is 0 Å². The number of nitrogens with zero attached hydrogens (tertiary/aromatic N) is 2. The second-order valence-electron chi connectivity index (χ2n) is 3.12. The van der Waals surface area contributed by atoms with Crippen LogP contribution >= 0.6 is 0 Å². The molecule has 0 amide bonds. The van der Waals surface area contributed by atoms with Gasteiger partial charge in [0.15, 0.2) is 11.6 Å². The molecule has 1 heterocycles. The van der Waals surface area contributed by atoms with Gasteiger partial charge in [-0.1, -0.05) is 0 Å². The molecule has 6 nitrogen and oxygen atoms in total. The first kappa shape index (κ1) is 12.6. The number of rotatable bonds is 6. The van der Waals surface area contributed by atoms with Crippen LogP contribution in [0.25, 0.3) is 0 Å². The Kier molecular flexibility index (Phi) is 4.87. The second kappa shape index (κ2) is 6.19. The molecule has 1 aromatic heterocycles. The van der Waals surface area contributed by atoms with Crippen LogP contribution in [0, 0.1) is 5.82 Å². The van der Waals surface area contributed by atoms with E-state index in [9.17, 15) is 4.39 Å². The number of hydrogen-bond acceptors (Lipinski definition) is 6. The fourth-order valence-corrected chi connectivity index (χ4v) is 1.11. The van der Waals surface area contributed by atoms with Gasteiger partial charge in [0, 0.05) is 20.8 Å². The van der Waals surface area contributed by atoms with E-state index in [2.05, 4.69) is 15.3 Å². The lowest BCUT2D eigenvalue weighted by Crippen LogP contribution is -2.27. The normalized spacial score (nSPS) is 12.4. The number of nitrogens with two attached hydrogens (primary N) is 1. The van der Waals surface area contributed by atoms with Crippen LogP contribution < -0.4 is 11.1 Å². The summed E-state index contributed by atoms with van der Waals surface area (Å²) >= 11 is 0. The van der Waals surface area contributed by atoms with E-state index >= 15 is 0 Å². The Hall–Kier alpha value is -1.47. The molecule has 3 N–H and O–H groups in total. The van der Waals surface area contributed by atoms with Crippen molar-refractivity contribution >= 4 is 11.8 Å². The van der Waals surface area contributed by atoms with Crippen LogP contribution in [0.15, 0.2) is 6.20 Å². The molecule has 1 rings (SSSR count). The van der Waals surface area contributed by atoms with Gasteiger partial charge in [0.1, 0.15) is 0 Å². The maximum absolute atomic E-state index is 13.2. The fourth-order valence-electron chi connectivity index (χ4n) is 1.11. The predicted octanol–water partition coefficient (Wildman–Crippen LogP) is 0.271. The molecule has 0 saturated carbocycles. The highest BCUT2D eigenvalue weighted by Crippen LogP contribution is 2.10. The SMILES string of the molecule is COCC(CNc1nc(N)ncc1F)OC. The summed E-state index contributed by atoms with van der Waals surface area (Å²) in [5.74, 6) is -0.475. The maximum atomic E-state index is 13.2. The molecule has 0 aliphatic rings. The minimum Gasteiger partial charge on any atom is -0.382 e. The van der Waals surface area contributed by atoms with E-state index in [0.717, 1.165) is 6.20 Å². The Labute approximate surface area is 93.0 Å². The largest absolute Gasteiger partial charge is 0.382 e. The summed E-state index contributed by atoms with van der Waals surface area (Å²) in [6.45, 7) is 0.781. The first-order chi connectivity index (χ1) is 7.67. The molecule has 16 heavy (non-hydrogen) atoms. The Morgan fingerprint density at radius 3 is 2.94 bits per heavy atom. The van der Waals surface area contributed by atoms with Gasteiger partial charge in [0.05, 0.1) is 18.9 Å². The standard InChI is InChI=1S/C9H15FN4O2/c1-15-5-6(16-2)3-12-8-7(10)4-13-9(11)14-8/h4,6H,3,5H2,1-2H3,(H3,11,12,13,14). The quantitative estimate of drug-likeness (QED) is 0.730. The van der Waals surface area contributed by atoms with E-state index in [4.69, 9.17) is 15.2 Å². The first-order valence-electron chi connectivity index (χ1n) is 4.71. The highest BCUT2D eigenvalue weighted by atomic mass is 19.1. The molecule has 0 radical (unpaired) electrons. The molecule has 0 aliphatic heterocycles. The molecular weight excluding hydrogens is 215 g/mol. The van der Waals surface area contributed by atoms with Crippen molar-refractivity contribution in [3.8, 4) is 0 Å². The third-order valence-electron chi connectivity index (χ3n) is 1.95. The van der Waals surface area contributed by atoms with Crippen LogP contribution in [0.5, 0.6) is 0 Å². The van der Waals surface area contributed by atoms with Gasteiger partial charge in [-0.05, 0) is 0 Å². The lowest BCUT2D eigenvalue weighted by atomic mass is 10.3. The summed E-state index contributed by atoms with van der Waals surface area (Å²) in [5.41, 5.74) is 5.34. The summed E-state index contributed by atoms with van der Waals surface area (Å²) in [5, 5.41) is 2.78. The Morgan fingerprint density at radius 1 is 1.56 bits per heavy atom. The third-order valence-corrected chi connectivity index (χ3v) is 1.95. The van der Waals surface area contributed by atoms with Crippen LogP contribution in [0.1, 0.15) is 0 Å². The molecule has 0 aromatic carbocycles. The average molecular weight is 230 g/mol.